The number of aliphatic hydroxyl groups is 1. The molecule has 1 aliphatic heterocycles. The SMILES string of the molecule is COc1ccc(C)cc1C(C)(O)Cc1cc(C)cc(S(=O)(=O)N2CCOCC2)c1Cl. The van der Waals surface area contributed by atoms with Gasteiger partial charge in [-0.3, -0.25) is 0 Å². The number of ether oxygens (including phenoxy) is 2. The predicted octanol–water partition coefficient (Wildman–Crippen LogP) is 3.44. The van der Waals surface area contributed by atoms with Crippen LogP contribution in [0, 0.1) is 13.8 Å². The van der Waals surface area contributed by atoms with Crippen LogP contribution in [0.2, 0.25) is 5.02 Å². The molecule has 164 valence electrons. The molecule has 1 saturated heterocycles. The van der Waals surface area contributed by atoms with Crippen LogP contribution >= 0.6 is 11.6 Å². The van der Waals surface area contributed by atoms with Crippen LogP contribution in [-0.4, -0.2) is 51.2 Å². The van der Waals surface area contributed by atoms with Crippen LogP contribution in [0.1, 0.15) is 29.2 Å². The van der Waals surface area contributed by atoms with E-state index >= 15 is 0 Å². The van der Waals surface area contributed by atoms with Crippen molar-refractivity contribution in [3.63, 3.8) is 0 Å². The van der Waals surface area contributed by atoms with Gasteiger partial charge < -0.3 is 14.6 Å². The number of halogens is 1. The van der Waals surface area contributed by atoms with E-state index in [0.29, 0.717) is 43.2 Å². The summed E-state index contributed by atoms with van der Waals surface area (Å²) in [6.45, 7) is 6.74. The highest BCUT2D eigenvalue weighted by atomic mass is 35.5. The summed E-state index contributed by atoms with van der Waals surface area (Å²) >= 11 is 6.60. The second kappa shape index (κ2) is 8.85. The molecule has 1 N–H and O–H groups in total. The summed E-state index contributed by atoms with van der Waals surface area (Å²) in [5.74, 6) is 0.565. The minimum Gasteiger partial charge on any atom is -0.496 e. The van der Waals surface area contributed by atoms with E-state index in [2.05, 4.69) is 0 Å². The van der Waals surface area contributed by atoms with Gasteiger partial charge >= 0.3 is 0 Å². The first-order valence-electron chi connectivity index (χ1n) is 9.80. The van der Waals surface area contributed by atoms with E-state index in [-0.39, 0.29) is 16.3 Å². The third kappa shape index (κ3) is 4.65. The topological polar surface area (TPSA) is 76.1 Å². The number of nitrogens with zero attached hydrogens (tertiary/aromatic N) is 1. The van der Waals surface area contributed by atoms with Gasteiger partial charge in [-0.05, 0) is 50.1 Å². The molecule has 30 heavy (non-hydrogen) atoms. The van der Waals surface area contributed by atoms with Gasteiger partial charge in [-0.25, -0.2) is 8.42 Å². The minimum atomic E-state index is -3.76. The maximum Gasteiger partial charge on any atom is 0.244 e. The third-order valence-electron chi connectivity index (χ3n) is 5.32. The molecule has 0 amide bonds. The van der Waals surface area contributed by atoms with E-state index in [1.165, 1.54) is 4.31 Å². The highest BCUT2D eigenvalue weighted by molar-refractivity contribution is 7.89. The number of benzene rings is 2. The highest BCUT2D eigenvalue weighted by Gasteiger charge is 2.33. The molecule has 2 aromatic carbocycles. The number of hydrogen-bond donors (Lipinski definition) is 1. The Morgan fingerprint density at radius 3 is 2.47 bits per heavy atom. The summed E-state index contributed by atoms with van der Waals surface area (Å²) in [5, 5.41) is 11.5. The minimum absolute atomic E-state index is 0.0630. The standard InChI is InChI=1S/C22H28ClNO5S/c1-15-5-6-19(28-4)18(12-15)22(3,25)14-17-11-16(2)13-20(21(17)23)30(26,27)24-7-9-29-10-8-24/h5-6,11-13,25H,7-10,14H2,1-4H3. The molecule has 1 fully saturated rings. The van der Waals surface area contributed by atoms with Crippen molar-refractivity contribution in [2.75, 3.05) is 33.4 Å². The van der Waals surface area contributed by atoms with Gasteiger partial charge in [0.2, 0.25) is 10.0 Å². The molecule has 0 radical (unpaired) electrons. The zero-order valence-corrected chi connectivity index (χ0v) is 19.3. The molecule has 0 aliphatic carbocycles. The van der Waals surface area contributed by atoms with Crippen molar-refractivity contribution >= 4 is 21.6 Å². The Bertz CT molecular complexity index is 1030. The van der Waals surface area contributed by atoms with Crippen molar-refractivity contribution in [3.05, 3.63) is 57.6 Å². The van der Waals surface area contributed by atoms with Crippen molar-refractivity contribution in [2.24, 2.45) is 0 Å². The Labute approximate surface area is 183 Å². The average molecular weight is 454 g/mol. The summed E-state index contributed by atoms with van der Waals surface area (Å²) in [6, 6.07) is 8.99. The second-order valence-electron chi connectivity index (χ2n) is 7.91. The summed E-state index contributed by atoms with van der Waals surface area (Å²) in [4.78, 5) is 0.0630. The lowest BCUT2D eigenvalue weighted by Crippen LogP contribution is -2.40. The maximum absolute atomic E-state index is 13.2. The monoisotopic (exact) mass is 453 g/mol. The second-order valence-corrected chi connectivity index (χ2v) is 10.2. The fourth-order valence-corrected chi connectivity index (χ4v) is 5.83. The quantitative estimate of drug-likeness (QED) is 0.725. The lowest BCUT2D eigenvalue weighted by molar-refractivity contribution is 0.0548. The maximum atomic E-state index is 13.2. The number of morpholine rings is 1. The van der Waals surface area contributed by atoms with Crippen molar-refractivity contribution in [2.45, 2.75) is 37.7 Å². The molecule has 1 unspecified atom stereocenters. The molecule has 8 heteroatoms. The molecular formula is C22H28ClNO5S. The Morgan fingerprint density at radius 2 is 1.83 bits per heavy atom. The molecule has 2 aromatic rings. The Hall–Kier alpha value is -1.64. The summed E-state index contributed by atoms with van der Waals surface area (Å²) in [5.41, 5.74) is 1.62. The van der Waals surface area contributed by atoms with Crippen LogP contribution in [0.3, 0.4) is 0 Å². The van der Waals surface area contributed by atoms with E-state index in [9.17, 15) is 13.5 Å². The zero-order chi connectivity index (χ0) is 22.1. The normalized spacial score (nSPS) is 17.5. The van der Waals surface area contributed by atoms with E-state index in [0.717, 1.165) is 11.1 Å². The molecule has 0 saturated carbocycles. The van der Waals surface area contributed by atoms with Crippen LogP contribution in [-0.2, 0) is 26.8 Å². The van der Waals surface area contributed by atoms with Gasteiger partial charge in [-0.1, -0.05) is 29.3 Å². The fraction of sp³-hybridized carbons (Fsp3) is 0.455. The molecular weight excluding hydrogens is 426 g/mol. The van der Waals surface area contributed by atoms with E-state index in [4.69, 9.17) is 21.1 Å². The van der Waals surface area contributed by atoms with Gasteiger partial charge in [0.25, 0.3) is 0 Å². The smallest absolute Gasteiger partial charge is 0.244 e. The lowest BCUT2D eigenvalue weighted by Gasteiger charge is -2.29. The van der Waals surface area contributed by atoms with Gasteiger partial charge in [0, 0.05) is 25.1 Å². The Balaban J connectivity index is 2.03. The first-order valence-corrected chi connectivity index (χ1v) is 11.6. The van der Waals surface area contributed by atoms with Crippen molar-refractivity contribution in [3.8, 4) is 5.75 Å². The molecule has 0 aromatic heterocycles. The number of methoxy groups -OCH3 is 1. The molecule has 1 heterocycles. The number of rotatable bonds is 6. The summed E-state index contributed by atoms with van der Waals surface area (Å²) in [6.07, 6.45) is 0.138. The van der Waals surface area contributed by atoms with E-state index in [1.54, 1.807) is 20.1 Å². The van der Waals surface area contributed by atoms with E-state index < -0.39 is 15.6 Å². The van der Waals surface area contributed by atoms with Gasteiger partial charge in [0.15, 0.2) is 0 Å². The van der Waals surface area contributed by atoms with Crippen LogP contribution in [0.4, 0.5) is 0 Å². The number of hydrogen-bond acceptors (Lipinski definition) is 5. The van der Waals surface area contributed by atoms with Gasteiger partial charge in [-0.2, -0.15) is 4.31 Å². The highest BCUT2D eigenvalue weighted by Crippen LogP contribution is 2.37. The predicted molar refractivity (Wildman–Crippen MR) is 117 cm³/mol. The third-order valence-corrected chi connectivity index (χ3v) is 7.80. The van der Waals surface area contributed by atoms with Gasteiger partial charge in [0.1, 0.15) is 10.6 Å². The molecule has 3 rings (SSSR count). The first-order chi connectivity index (χ1) is 14.1. The molecule has 0 bridgehead atoms. The fourth-order valence-electron chi connectivity index (χ4n) is 3.76. The van der Waals surface area contributed by atoms with Crippen molar-refractivity contribution < 1.29 is 23.0 Å². The molecule has 0 spiro atoms. The Kier molecular flexibility index (Phi) is 6.79. The number of aryl methyl sites for hydroxylation is 2. The first kappa shape index (κ1) is 23.0. The van der Waals surface area contributed by atoms with Crippen LogP contribution in [0.15, 0.2) is 35.2 Å². The van der Waals surface area contributed by atoms with Crippen LogP contribution in [0.25, 0.3) is 0 Å². The van der Waals surface area contributed by atoms with Crippen LogP contribution < -0.4 is 4.74 Å². The summed E-state index contributed by atoms with van der Waals surface area (Å²) in [7, 11) is -2.21. The largest absolute Gasteiger partial charge is 0.496 e. The van der Waals surface area contributed by atoms with Gasteiger partial charge in [-0.15, -0.1) is 0 Å². The van der Waals surface area contributed by atoms with Gasteiger partial charge in [0.05, 0.1) is 30.9 Å². The lowest BCUT2D eigenvalue weighted by atomic mass is 9.87. The summed E-state index contributed by atoms with van der Waals surface area (Å²) < 4.78 is 38.5. The van der Waals surface area contributed by atoms with Crippen molar-refractivity contribution in [1.29, 1.82) is 0 Å². The Morgan fingerprint density at radius 1 is 1.17 bits per heavy atom. The van der Waals surface area contributed by atoms with Crippen molar-refractivity contribution in [1.82, 2.24) is 4.31 Å². The average Bonchev–Trinajstić information content (AvgIpc) is 2.70. The van der Waals surface area contributed by atoms with Crippen LogP contribution in [0.5, 0.6) is 5.75 Å². The number of sulfonamides is 1. The molecule has 6 nitrogen and oxygen atoms in total. The molecule has 1 aliphatic rings. The molecule has 1 atom stereocenters. The zero-order valence-electron chi connectivity index (χ0n) is 17.7. The van der Waals surface area contributed by atoms with E-state index in [1.807, 2.05) is 38.1 Å².